The molecule has 1 aromatic heterocycles. The Labute approximate surface area is 159 Å². The number of benzene rings is 1. The number of halogens is 1. The minimum Gasteiger partial charge on any atom is -0.384 e. The van der Waals surface area contributed by atoms with Gasteiger partial charge in [0.05, 0.1) is 5.69 Å². The number of amidine groups is 1. The zero-order valence-electron chi connectivity index (χ0n) is 14.9. The van der Waals surface area contributed by atoms with Crippen LogP contribution in [-0.2, 0) is 6.54 Å². The van der Waals surface area contributed by atoms with Gasteiger partial charge in [0, 0.05) is 43.3 Å². The third kappa shape index (κ3) is 6.57. The number of hydrogen-bond acceptors (Lipinski definition) is 5. The quantitative estimate of drug-likeness (QED) is 0.422. The first-order valence-electron chi connectivity index (χ1n) is 8.29. The number of aliphatic imine (C=N–C) groups is 1. The van der Waals surface area contributed by atoms with Crippen molar-refractivity contribution in [3.05, 3.63) is 71.3 Å². The zero-order chi connectivity index (χ0) is 18.8. The molecule has 6 nitrogen and oxygen atoms in total. The molecule has 0 amide bonds. The number of nitrogens with zero attached hydrogens (tertiary/aromatic N) is 4. The Morgan fingerprint density at radius 3 is 2.88 bits per heavy atom. The molecule has 2 aromatic rings. The van der Waals surface area contributed by atoms with E-state index in [-0.39, 0.29) is 0 Å². The third-order valence-electron chi connectivity index (χ3n) is 3.33. The lowest BCUT2D eigenvalue weighted by atomic mass is 10.3. The predicted octanol–water partition coefficient (Wildman–Crippen LogP) is 3.68. The molecule has 0 aliphatic carbocycles. The number of hydrogen-bond donors (Lipinski definition) is 2. The van der Waals surface area contributed by atoms with Crippen molar-refractivity contribution in [2.75, 3.05) is 7.05 Å². The van der Waals surface area contributed by atoms with Crippen molar-refractivity contribution in [2.24, 2.45) is 15.8 Å². The van der Waals surface area contributed by atoms with Crippen molar-refractivity contribution in [1.82, 2.24) is 15.3 Å². The molecule has 0 bridgehead atoms. The predicted molar refractivity (Wildman–Crippen MR) is 108 cm³/mol. The monoisotopic (exact) mass is 370 g/mol. The molecule has 1 aromatic carbocycles. The fourth-order valence-corrected chi connectivity index (χ4v) is 2.27. The molecular weight excluding hydrogens is 348 g/mol. The van der Waals surface area contributed by atoms with Crippen LogP contribution in [0.15, 0.2) is 70.8 Å². The fraction of sp³-hybridized carbons (Fsp3) is 0.211. The number of rotatable bonds is 8. The van der Waals surface area contributed by atoms with Gasteiger partial charge < -0.3 is 11.1 Å². The SMILES string of the molecule is CC/C=N\N(C)/C(=C\C(N)=Nc1cccc(Cl)c1)NCc1cccnc1. The average molecular weight is 371 g/mol. The lowest BCUT2D eigenvalue weighted by molar-refractivity contribution is 0.407. The van der Waals surface area contributed by atoms with Crippen LogP contribution in [0.5, 0.6) is 0 Å². The van der Waals surface area contributed by atoms with E-state index >= 15 is 0 Å². The van der Waals surface area contributed by atoms with Gasteiger partial charge in [0.2, 0.25) is 0 Å². The number of aromatic nitrogens is 1. The Morgan fingerprint density at radius 2 is 2.19 bits per heavy atom. The molecule has 0 atom stereocenters. The van der Waals surface area contributed by atoms with Crippen LogP contribution in [0.4, 0.5) is 5.69 Å². The first-order valence-corrected chi connectivity index (χ1v) is 8.66. The van der Waals surface area contributed by atoms with E-state index in [1.807, 2.05) is 50.6 Å². The number of pyridine rings is 1. The normalized spacial score (nSPS) is 12.4. The van der Waals surface area contributed by atoms with Gasteiger partial charge >= 0.3 is 0 Å². The summed E-state index contributed by atoms with van der Waals surface area (Å²) in [7, 11) is 1.85. The Kier molecular flexibility index (Phi) is 7.64. The molecule has 0 saturated heterocycles. The van der Waals surface area contributed by atoms with E-state index in [0.29, 0.717) is 23.1 Å². The largest absolute Gasteiger partial charge is 0.384 e. The Balaban J connectivity index is 2.20. The van der Waals surface area contributed by atoms with Crippen LogP contribution >= 0.6 is 11.6 Å². The van der Waals surface area contributed by atoms with Crippen LogP contribution in [0.1, 0.15) is 18.9 Å². The van der Waals surface area contributed by atoms with E-state index < -0.39 is 0 Å². The third-order valence-corrected chi connectivity index (χ3v) is 3.57. The van der Waals surface area contributed by atoms with Crippen LogP contribution in [0.3, 0.4) is 0 Å². The lowest BCUT2D eigenvalue weighted by Gasteiger charge is -2.19. The fourth-order valence-electron chi connectivity index (χ4n) is 2.09. The topological polar surface area (TPSA) is 78.9 Å². The van der Waals surface area contributed by atoms with Gasteiger partial charge in [-0.3, -0.25) is 9.99 Å². The van der Waals surface area contributed by atoms with Gasteiger partial charge in [0.1, 0.15) is 11.7 Å². The summed E-state index contributed by atoms with van der Waals surface area (Å²) in [6.45, 7) is 2.62. The Morgan fingerprint density at radius 1 is 1.35 bits per heavy atom. The molecule has 3 N–H and O–H groups in total. The molecule has 2 rings (SSSR count). The molecule has 0 fully saturated rings. The molecule has 1 heterocycles. The molecule has 0 aliphatic heterocycles. The minimum atomic E-state index is 0.347. The van der Waals surface area contributed by atoms with Crippen molar-refractivity contribution in [1.29, 1.82) is 0 Å². The molecular formula is C19H23ClN6. The van der Waals surface area contributed by atoms with Gasteiger partial charge in [-0.1, -0.05) is 30.7 Å². The van der Waals surface area contributed by atoms with Gasteiger partial charge in [-0.15, -0.1) is 0 Å². The molecule has 0 radical (unpaired) electrons. The smallest absolute Gasteiger partial charge is 0.127 e. The summed E-state index contributed by atoms with van der Waals surface area (Å²) in [5, 5.41) is 10.0. The number of nitrogens with one attached hydrogen (secondary N) is 1. The molecule has 0 unspecified atom stereocenters. The minimum absolute atomic E-state index is 0.347. The standard InChI is InChI=1S/C19H23ClN6/c1-3-9-24-26(2)19(23-14-15-6-5-10-22-13-15)12-18(21)25-17-8-4-7-16(20)11-17/h4-13,23H,3,14H2,1-2H3,(H2,21,25)/b19-12-,24-9-. The highest BCUT2D eigenvalue weighted by atomic mass is 35.5. The van der Waals surface area contributed by atoms with Gasteiger partial charge in [0.15, 0.2) is 0 Å². The van der Waals surface area contributed by atoms with Gasteiger partial charge in [-0.25, -0.2) is 4.99 Å². The summed E-state index contributed by atoms with van der Waals surface area (Å²) >= 11 is 5.99. The summed E-state index contributed by atoms with van der Waals surface area (Å²) in [6.07, 6.45) is 7.96. The Bertz CT molecular complexity index is 786. The van der Waals surface area contributed by atoms with Crippen LogP contribution in [-0.4, -0.2) is 29.1 Å². The summed E-state index contributed by atoms with van der Waals surface area (Å²) in [6, 6.07) is 11.1. The van der Waals surface area contributed by atoms with E-state index in [0.717, 1.165) is 17.8 Å². The van der Waals surface area contributed by atoms with Gasteiger partial charge in [-0.2, -0.15) is 5.10 Å². The highest BCUT2D eigenvalue weighted by Gasteiger charge is 2.05. The second-order valence-electron chi connectivity index (χ2n) is 5.49. The van der Waals surface area contributed by atoms with Gasteiger partial charge in [0.25, 0.3) is 0 Å². The summed E-state index contributed by atoms with van der Waals surface area (Å²) < 4.78 is 0. The lowest BCUT2D eigenvalue weighted by Crippen LogP contribution is -2.27. The van der Waals surface area contributed by atoms with Crippen LogP contribution in [0.25, 0.3) is 0 Å². The highest BCUT2D eigenvalue weighted by Crippen LogP contribution is 2.17. The molecule has 0 spiro atoms. The summed E-state index contributed by atoms with van der Waals surface area (Å²) in [4.78, 5) is 8.50. The maximum absolute atomic E-state index is 6.09. The highest BCUT2D eigenvalue weighted by molar-refractivity contribution is 6.30. The van der Waals surface area contributed by atoms with E-state index in [1.165, 1.54) is 0 Å². The maximum Gasteiger partial charge on any atom is 0.127 e. The van der Waals surface area contributed by atoms with Crippen LogP contribution < -0.4 is 11.1 Å². The number of hydrazone groups is 1. The second kappa shape index (κ2) is 10.2. The Hall–Kier alpha value is -2.86. The van der Waals surface area contributed by atoms with Crippen molar-refractivity contribution in [2.45, 2.75) is 19.9 Å². The molecule has 0 saturated carbocycles. The first-order chi connectivity index (χ1) is 12.6. The molecule has 26 heavy (non-hydrogen) atoms. The zero-order valence-corrected chi connectivity index (χ0v) is 15.7. The molecule has 0 aliphatic rings. The van der Waals surface area contributed by atoms with Crippen molar-refractivity contribution >= 4 is 29.3 Å². The van der Waals surface area contributed by atoms with Crippen molar-refractivity contribution in [3.8, 4) is 0 Å². The number of nitrogens with two attached hydrogens (primary N) is 1. The van der Waals surface area contributed by atoms with Crippen LogP contribution in [0, 0.1) is 0 Å². The molecule has 136 valence electrons. The first kappa shape index (κ1) is 19.5. The van der Waals surface area contributed by atoms with E-state index in [2.05, 4.69) is 20.4 Å². The van der Waals surface area contributed by atoms with E-state index in [9.17, 15) is 0 Å². The average Bonchev–Trinajstić information content (AvgIpc) is 2.64. The van der Waals surface area contributed by atoms with E-state index in [1.54, 1.807) is 29.4 Å². The second-order valence-corrected chi connectivity index (χ2v) is 5.93. The molecule has 7 heteroatoms. The van der Waals surface area contributed by atoms with Gasteiger partial charge in [-0.05, 0) is 36.2 Å². The van der Waals surface area contributed by atoms with E-state index in [4.69, 9.17) is 17.3 Å². The summed E-state index contributed by atoms with van der Waals surface area (Å²) in [5.74, 6) is 1.07. The maximum atomic E-state index is 6.09. The van der Waals surface area contributed by atoms with Crippen molar-refractivity contribution < 1.29 is 0 Å². The van der Waals surface area contributed by atoms with Crippen LogP contribution in [0.2, 0.25) is 5.02 Å². The summed E-state index contributed by atoms with van der Waals surface area (Å²) in [5.41, 5.74) is 7.84. The van der Waals surface area contributed by atoms with Crippen molar-refractivity contribution in [3.63, 3.8) is 0 Å².